The number of carboxylic acid groups (broad SMARTS) is 1. The van der Waals surface area contributed by atoms with Crippen molar-refractivity contribution in [3.05, 3.63) is 29.7 Å². The quantitative estimate of drug-likeness (QED) is 0.327. The summed E-state index contributed by atoms with van der Waals surface area (Å²) in [5.74, 6) is -2.37. The van der Waals surface area contributed by atoms with Gasteiger partial charge in [0.1, 0.15) is 11.2 Å². The highest BCUT2D eigenvalue weighted by Gasteiger charge is 2.36. The summed E-state index contributed by atoms with van der Waals surface area (Å²) in [5.41, 5.74) is 2.62. The zero-order chi connectivity index (χ0) is 27.0. The lowest BCUT2D eigenvalue weighted by molar-refractivity contribution is -0.0471. The summed E-state index contributed by atoms with van der Waals surface area (Å²) in [6, 6.07) is 4.09. The number of imidazole rings is 1. The molecule has 8 nitrogen and oxygen atoms in total. The molecule has 2 fully saturated rings. The molecule has 1 atom stereocenters. The number of carboxylic acids is 1. The van der Waals surface area contributed by atoms with Crippen molar-refractivity contribution in [1.82, 2.24) is 24.5 Å². The van der Waals surface area contributed by atoms with Crippen LogP contribution in [-0.2, 0) is 6.54 Å². The Balaban J connectivity index is 1.65. The molecule has 0 spiro atoms. The minimum absolute atomic E-state index is 0.0275. The van der Waals surface area contributed by atoms with Crippen LogP contribution in [0.1, 0.15) is 94.2 Å². The van der Waals surface area contributed by atoms with E-state index in [9.17, 15) is 18.7 Å². The molecule has 2 aliphatic rings. The van der Waals surface area contributed by atoms with Gasteiger partial charge < -0.3 is 15.0 Å². The maximum absolute atomic E-state index is 13.9. The normalized spacial score (nSPS) is 19.0. The first kappa shape index (κ1) is 26.4. The number of nitrogens with zero attached hydrogens (tertiary/aromatic N) is 5. The van der Waals surface area contributed by atoms with E-state index in [-0.39, 0.29) is 42.2 Å². The fourth-order valence-electron chi connectivity index (χ4n) is 5.65. The van der Waals surface area contributed by atoms with E-state index in [1.807, 2.05) is 16.7 Å². The van der Waals surface area contributed by atoms with Crippen molar-refractivity contribution in [2.75, 3.05) is 5.32 Å². The Hall–Kier alpha value is -3.17. The van der Waals surface area contributed by atoms with Gasteiger partial charge >= 0.3 is 5.97 Å². The van der Waals surface area contributed by atoms with E-state index >= 15 is 0 Å². The second kappa shape index (κ2) is 10.5. The van der Waals surface area contributed by atoms with Crippen LogP contribution in [0.5, 0.6) is 0 Å². The van der Waals surface area contributed by atoms with Crippen LogP contribution in [0.15, 0.2) is 18.3 Å². The lowest BCUT2D eigenvalue weighted by Crippen LogP contribution is -2.33. The van der Waals surface area contributed by atoms with Gasteiger partial charge in [0, 0.05) is 31.6 Å². The number of aromatic carboxylic acids is 1. The van der Waals surface area contributed by atoms with Crippen molar-refractivity contribution in [3.8, 4) is 11.5 Å². The molecule has 3 aromatic heterocycles. The van der Waals surface area contributed by atoms with Gasteiger partial charge in [-0.25, -0.2) is 28.5 Å². The first-order valence-corrected chi connectivity index (χ1v) is 13.8. The molecule has 0 aliphatic heterocycles. The molecule has 2 saturated carbocycles. The standard InChI is InChI=1S/C28H36F2N6O2/c1-4-20(18-6-5-7-18)32-23-22-24(34-25(33-23)27(37)38)35-26(21-14-19(16(2)3)10-13-31-21)36(22)15-17-8-11-28(29,30)12-9-17/h10,13-14,16-18,20H,4-9,11-12,15H2,1-3H3,(H,37,38)(H,32,33,34). The van der Waals surface area contributed by atoms with Crippen molar-refractivity contribution in [2.24, 2.45) is 11.8 Å². The van der Waals surface area contributed by atoms with Gasteiger partial charge in [0.15, 0.2) is 17.3 Å². The van der Waals surface area contributed by atoms with Crippen LogP contribution in [-0.4, -0.2) is 47.5 Å². The Bertz CT molecular complexity index is 1310. The average molecular weight is 527 g/mol. The summed E-state index contributed by atoms with van der Waals surface area (Å²) in [7, 11) is 0. The number of pyridine rings is 1. The fraction of sp³-hybridized carbons (Fsp3) is 0.607. The van der Waals surface area contributed by atoms with Crippen LogP contribution in [0.3, 0.4) is 0 Å². The molecule has 0 radical (unpaired) electrons. The molecular weight excluding hydrogens is 490 g/mol. The van der Waals surface area contributed by atoms with E-state index < -0.39 is 11.9 Å². The van der Waals surface area contributed by atoms with Crippen molar-refractivity contribution in [1.29, 1.82) is 0 Å². The zero-order valence-electron chi connectivity index (χ0n) is 22.3. The number of hydrogen-bond acceptors (Lipinski definition) is 6. The average Bonchev–Trinajstić information content (AvgIpc) is 3.22. The van der Waals surface area contributed by atoms with Crippen LogP contribution in [0, 0.1) is 11.8 Å². The number of aromatic nitrogens is 5. The first-order valence-electron chi connectivity index (χ1n) is 13.8. The largest absolute Gasteiger partial charge is 0.475 e. The predicted octanol–water partition coefficient (Wildman–Crippen LogP) is 6.53. The number of fused-ring (bicyclic) bond motifs is 1. The monoisotopic (exact) mass is 526 g/mol. The Morgan fingerprint density at radius 1 is 1.18 bits per heavy atom. The maximum Gasteiger partial charge on any atom is 0.374 e. The number of halogens is 2. The second-order valence-electron chi connectivity index (χ2n) is 11.2. The van der Waals surface area contributed by atoms with Crippen LogP contribution >= 0.6 is 0 Å². The Morgan fingerprint density at radius 2 is 1.92 bits per heavy atom. The summed E-state index contributed by atoms with van der Waals surface area (Å²) in [6.07, 6.45) is 6.59. The molecule has 3 heterocycles. The van der Waals surface area contributed by atoms with Crippen molar-refractivity contribution in [3.63, 3.8) is 0 Å². The van der Waals surface area contributed by atoms with Gasteiger partial charge in [0.25, 0.3) is 0 Å². The third-order valence-electron chi connectivity index (χ3n) is 8.23. The van der Waals surface area contributed by atoms with Crippen LogP contribution in [0.4, 0.5) is 14.6 Å². The lowest BCUT2D eigenvalue weighted by atomic mass is 9.79. The number of rotatable bonds is 9. The molecule has 0 saturated heterocycles. The molecule has 10 heteroatoms. The van der Waals surface area contributed by atoms with E-state index in [1.165, 1.54) is 6.42 Å². The van der Waals surface area contributed by atoms with E-state index in [1.54, 1.807) is 6.20 Å². The van der Waals surface area contributed by atoms with Crippen LogP contribution in [0.25, 0.3) is 22.7 Å². The molecule has 1 unspecified atom stereocenters. The number of alkyl halides is 2. The zero-order valence-corrected chi connectivity index (χ0v) is 22.3. The van der Waals surface area contributed by atoms with Gasteiger partial charge in [-0.1, -0.05) is 27.2 Å². The van der Waals surface area contributed by atoms with Gasteiger partial charge in [-0.05, 0) is 67.6 Å². The molecule has 0 aromatic carbocycles. The van der Waals surface area contributed by atoms with Gasteiger partial charge in [-0.15, -0.1) is 0 Å². The first-order chi connectivity index (χ1) is 18.1. The molecular formula is C28H36F2N6O2. The minimum atomic E-state index is -2.62. The minimum Gasteiger partial charge on any atom is -0.475 e. The Morgan fingerprint density at radius 3 is 2.53 bits per heavy atom. The fourth-order valence-corrected chi connectivity index (χ4v) is 5.65. The molecule has 0 amide bonds. The predicted molar refractivity (Wildman–Crippen MR) is 142 cm³/mol. The van der Waals surface area contributed by atoms with E-state index in [0.29, 0.717) is 48.2 Å². The third-order valence-corrected chi connectivity index (χ3v) is 8.23. The van der Waals surface area contributed by atoms with Gasteiger partial charge in [-0.2, -0.15) is 0 Å². The Kier molecular flexibility index (Phi) is 7.33. The Labute approximate surface area is 221 Å². The third kappa shape index (κ3) is 5.35. The molecule has 0 bridgehead atoms. The summed E-state index contributed by atoms with van der Waals surface area (Å²) in [5, 5.41) is 13.3. The number of carbonyl (C=O) groups is 1. The van der Waals surface area contributed by atoms with Crippen LogP contribution in [0.2, 0.25) is 0 Å². The highest BCUT2D eigenvalue weighted by atomic mass is 19.3. The van der Waals surface area contributed by atoms with Crippen molar-refractivity contribution in [2.45, 2.75) is 96.6 Å². The van der Waals surface area contributed by atoms with Crippen LogP contribution < -0.4 is 5.32 Å². The molecule has 2 aliphatic carbocycles. The van der Waals surface area contributed by atoms with E-state index in [4.69, 9.17) is 4.98 Å². The highest BCUT2D eigenvalue weighted by Crippen LogP contribution is 2.39. The summed E-state index contributed by atoms with van der Waals surface area (Å²) >= 11 is 0. The van der Waals surface area contributed by atoms with Crippen molar-refractivity contribution >= 4 is 23.0 Å². The van der Waals surface area contributed by atoms with E-state index in [0.717, 1.165) is 24.8 Å². The lowest BCUT2D eigenvalue weighted by Gasteiger charge is -2.34. The van der Waals surface area contributed by atoms with Gasteiger partial charge in [0.2, 0.25) is 11.7 Å². The smallest absolute Gasteiger partial charge is 0.374 e. The summed E-state index contributed by atoms with van der Waals surface area (Å²) in [6.45, 7) is 6.77. The molecule has 2 N–H and O–H groups in total. The number of nitrogens with one attached hydrogen (secondary N) is 1. The maximum atomic E-state index is 13.9. The summed E-state index contributed by atoms with van der Waals surface area (Å²) < 4.78 is 29.9. The molecule has 38 heavy (non-hydrogen) atoms. The second-order valence-corrected chi connectivity index (χ2v) is 11.2. The number of hydrogen-bond donors (Lipinski definition) is 2. The molecule has 204 valence electrons. The number of anilines is 1. The molecule has 5 rings (SSSR count). The van der Waals surface area contributed by atoms with Gasteiger partial charge in [0.05, 0.1) is 0 Å². The summed E-state index contributed by atoms with van der Waals surface area (Å²) in [4.78, 5) is 30.1. The molecule has 3 aromatic rings. The topological polar surface area (TPSA) is 106 Å². The van der Waals surface area contributed by atoms with Gasteiger partial charge in [-0.3, -0.25) is 4.98 Å². The highest BCUT2D eigenvalue weighted by molar-refractivity contribution is 5.92. The SMILES string of the molecule is CCC(Nc1nc(C(=O)O)nc2nc(-c3cc(C(C)C)ccn3)n(CC3CCC(F)(F)CC3)c12)C1CCC1. The van der Waals surface area contributed by atoms with Crippen molar-refractivity contribution < 1.29 is 18.7 Å². The van der Waals surface area contributed by atoms with E-state index in [2.05, 4.69) is 41.0 Å².